The summed E-state index contributed by atoms with van der Waals surface area (Å²) in [5, 5.41) is 20.1. The van der Waals surface area contributed by atoms with E-state index in [0.29, 0.717) is 12.1 Å². The molecule has 0 radical (unpaired) electrons. The predicted octanol–water partition coefficient (Wildman–Crippen LogP) is 4.49. The van der Waals surface area contributed by atoms with Crippen LogP contribution < -0.4 is 0 Å². The van der Waals surface area contributed by atoms with Gasteiger partial charge in [-0.1, -0.05) is 24.3 Å². The molecule has 0 aliphatic heterocycles. The molecule has 2 atom stereocenters. The Bertz CT molecular complexity index is 647. The first kappa shape index (κ1) is 18.3. The molecule has 0 bridgehead atoms. The molecular weight excluding hydrogens is 338 g/mol. The van der Waals surface area contributed by atoms with Gasteiger partial charge >= 0.3 is 12.4 Å². The Balaban J connectivity index is 2.32. The fraction of sp³-hybridized carbons (Fsp3) is 0.250. The van der Waals surface area contributed by atoms with E-state index in [9.17, 15) is 36.6 Å². The molecule has 24 heavy (non-hydrogen) atoms. The molecule has 0 aliphatic carbocycles. The largest absolute Gasteiger partial charge is 0.416 e. The zero-order chi connectivity index (χ0) is 18.1. The van der Waals surface area contributed by atoms with Gasteiger partial charge in [0.05, 0.1) is 11.1 Å². The molecule has 0 aliphatic rings. The fourth-order valence-electron chi connectivity index (χ4n) is 2.16. The Hall–Kier alpha value is -2.06. The minimum absolute atomic E-state index is 0.255. The van der Waals surface area contributed by atoms with Gasteiger partial charge in [0.1, 0.15) is 12.2 Å². The number of halogens is 6. The van der Waals surface area contributed by atoms with E-state index in [2.05, 4.69) is 0 Å². The minimum Gasteiger partial charge on any atom is -0.385 e. The van der Waals surface area contributed by atoms with Crippen molar-refractivity contribution in [2.24, 2.45) is 0 Å². The standard InChI is InChI=1S/C16H12F6O2/c17-15(18,19)11-5-1-3-9(7-11)13(23)14(24)10-4-2-6-12(8-10)16(20,21)22/h1-8,13-14,23-24H. The molecule has 2 aromatic carbocycles. The van der Waals surface area contributed by atoms with Gasteiger partial charge in [-0.2, -0.15) is 26.3 Å². The van der Waals surface area contributed by atoms with E-state index in [0.717, 1.165) is 36.4 Å². The second kappa shape index (κ2) is 6.45. The van der Waals surface area contributed by atoms with Crippen molar-refractivity contribution < 1.29 is 36.6 Å². The molecular formula is C16H12F6O2. The minimum atomic E-state index is -4.64. The van der Waals surface area contributed by atoms with E-state index in [1.165, 1.54) is 0 Å². The van der Waals surface area contributed by atoms with E-state index in [4.69, 9.17) is 0 Å². The Labute approximate surface area is 133 Å². The van der Waals surface area contributed by atoms with Crippen molar-refractivity contribution in [2.45, 2.75) is 24.6 Å². The molecule has 0 saturated carbocycles. The number of alkyl halides is 6. The average molecular weight is 350 g/mol. The van der Waals surface area contributed by atoms with Gasteiger partial charge < -0.3 is 10.2 Å². The summed E-state index contributed by atoms with van der Waals surface area (Å²) in [6.07, 6.45) is -12.9. The number of rotatable bonds is 3. The zero-order valence-electron chi connectivity index (χ0n) is 11.9. The number of benzene rings is 2. The van der Waals surface area contributed by atoms with Crippen LogP contribution in [0.4, 0.5) is 26.3 Å². The Morgan fingerprint density at radius 3 is 1.25 bits per heavy atom. The van der Waals surface area contributed by atoms with Crippen molar-refractivity contribution in [3.63, 3.8) is 0 Å². The van der Waals surface area contributed by atoms with Crippen molar-refractivity contribution in [3.05, 3.63) is 70.8 Å². The van der Waals surface area contributed by atoms with Crippen molar-refractivity contribution in [2.75, 3.05) is 0 Å². The molecule has 2 N–H and O–H groups in total. The molecule has 0 fully saturated rings. The van der Waals surface area contributed by atoms with Crippen LogP contribution in [0.5, 0.6) is 0 Å². The van der Waals surface area contributed by atoms with Gasteiger partial charge in [0, 0.05) is 0 Å². The van der Waals surface area contributed by atoms with Gasteiger partial charge in [-0.25, -0.2) is 0 Å². The lowest BCUT2D eigenvalue weighted by Crippen LogP contribution is -2.13. The van der Waals surface area contributed by atoms with E-state index >= 15 is 0 Å². The van der Waals surface area contributed by atoms with Crippen LogP contribution in [-0.2, 0) is 12.4 Å². The molecule has 2 unspecified atom stereocenters. The fourth-order valence-corrected chi connectivity index (χ4v) is 2.16. The number of hydrogen-bond acceptors (Lipinski definition) is 2. The summed E-state index contributed by atoms with van der Waals surface area (Å²) < 4.78 is 76.0. The SMILES string of the molecule is OC(c1cccc(C(F)(F)F)c1)C(O)c1cccc(C(F)(F)F)c1. The smallest absolute Gasteiger partial charge is 0.385 e. The summed E-state index contributed by atoms with van der Waals surface area (Å²) in [6, 6.07) is 7.23. The third kappa shape index (κ3) is 4.07. The highest BCUT2D eigenvalue weighted by Crippen LogP contribution is 2.36. The van der Waals surface area contributed by atoms with Crippen molar-refractivity contribution in [1.82, 2.24) is 0 Å². The molecule has 0 aromatic heterocycles. The quantitative estimate of drug-likeness (QED) is 0.801. The molecule has 2 rings (SSSR count). The third-order valence-corrected chi connectivity index (χ3v) is 3.41. The van der Waals surface area contributed by atoms with Gasteiger partial charge in [0.2, 0.25) is 0 Å². The molecule has 130 valence electrons. The van der Waals surface area contributed by atoms with Gasteiger partial charge in [-0.05, 0) is 35.4 Å². The summed E-state index contributed by atoms with van der Waals surface area (Å²) in [6.45, 7) is 0. The molecule has 0 spiro atoms. The number of aliphatic hydroxyl groups is 2. The second-order valence-electron chi connectivity index (χ2n) is 5.14. The second-order valence-corrected chi connectivity index (χ2v) is 5.14. The first-order chi connectivity index (χ1) is 11.0. The maximum Gasteiger partial charge on any atom is 0.416 e. The molecule has 2 nitrogen and oxygen atoms in total. The molecule has 8 heteroatoms. The van der Waals surface area contributed by atoms with Gasteiger partial charge in [0.25, 0.3) is 0 Å². The maximum atomic E-state index is 12.7. The van der Waals surface area contributed by atoms with E-state index in [1.54, 1.807) is 0 Å². The average Bonchev–Trinajstić information content (AvgIpc) is 2.52. The first-order valence-corrected chi connectivity index (χ1v) is 6.70. The highest BCUT2D eigenvalue weighted by molar-refractivity contribution is 5.32. The van der Waals surface area contributed by atoms with Crippen LogP contribution in [0, 0.1) is 0 Å². The van der Waals surface area contributed by atoms with E-state index in [-0.39, 0.29) is 11.1 Å². The van der Waals surface area contributed by atoms with Crippen molar-refractivity contribution >= 4 is 0 Å². The van der Waals surface area contributed by atoms with Crippen molar-refractivity contribution in [1.29, 1.82) is 0 Å². The van der Waals surface area contributed by atoms with Crippen LogP contribution in [0.15, 0.2) is 48.5 Å². The predicted molar refractivity (Wildman–Crippen MR) is 72.8 cm³/mol. The van der Waals surface area contributed by atoms with Crippen LogP contribution in [0.2, 0.25) is 0 Å². The summed E-state index contributed by atoms with van der Waals surface area (Å²) in [5.74, 6) is 0. The van der Waals surface area contributed by atoms with Gasteiger partial charge in [-0.15, -0.1) is 0 Å². The summed E-state index contributed by atoms with van der Waals surface area (Å²) in [7, 11) is 0. The Morgan fingerprint density at radius 1 is 0.625 bits per heavy atom. The Morgan fingerprint density at radius 2 is 0.958 bits per heavy atom. The highest BCUT2D eigenvalue weighted by atomic mass is 19.4. The molecule has 2 aromatic rings. The molecule has 0 amide bonds. The third-order valence-electron chi connectivity index (χ3n) is 3.41. The van der Waals surface area contributed by atoms with Crippen LogP contribution >= 0.6 is 0 Å². The molecule has 0 heterocycles. The summed E-state index contributed by atoms with van der Waals surface area (Å²) >= 11 is 0. The lowest BCUT2D eigenvalue weighted by atomic mass is 9.96. The number of aliphatic hydroxyl groups excluding tert-OH is 2. The van der Waals surface area contributed by atoms with Crippen LogP contribution in [0.25, 0.3) is 0 Å². The lowest BCUT2D eigenvalue weighted by molar-refractivity contribution is -0.138. The topological polar surface area (TPSA) is 40.5 Å². The van der Waals surface area contributed by atoms with Crippen LogP contribution in [0.1, 0.15) is 34.5 Å². The lowest BCUT2D eigenvalue weighted by Gasteiger charge is -2.20. The van der Waals surface area contributed by atoms with Crippen molar-refractivity contribution in [3.8, 4) is 0 Å². The number of hydrogen-bond donors (Lipinski definition) is 2. The normalized spacial score (nSPS) is 15.2. The van der Waals surface area contributed by atoms with E-state index in [1.807, 2.05) is 0 Å². The summed E-state index contributed by atoms with van der Waals surface area (Å²) in [5.41, 5.74) is -2.57. The highest BCUT2D eigenvalue weighted by Gasteiger charge is 2.33. The monoisotopic (exact) mass is 350 g/mol. The maximum absolute atomic E-state index is 12.7. The summed E-state index contributed by atoms with van der Waals surface area (Å²) in [4.78, 5) is 0. The first-order valence-electron chi connectivity index (χ1n) is 6.70. The van der Waals surface area contributed by atoms with Crippen LogP contribution in [-0.4, -0.2) is 10.2 Å². The van der Waals surface area contributed by atoms with Gasteiger partial charge in [-0.3, -0.25) is 0 Å². The van der Waals surface area contributed by atoms with Crippen LogP contribution in [0.3, 0.4) is 0 Å². The van der Waals surface area contributed by atoms with Gasteiger partial charge in [0.15, 0.2) is 0 Å². The Kier molecular flexibility index (Phi) is 4.91. The van der Waals surface area contributed by atoms with E-state index < -0.39 is 35.7 Å². The zero-order valence-corrected chi connectivity index (χ0v) is 11.9. The molecule has 0 saturated heterocycles.